The Morgan fingerprint density at radius 1 is 1.50 bits per heavy atom. The Balaban J connectivity index is 0.00000128. The van der Waals surface area contributed by atoms with Gasteiger partial charge in [-0.2, -0.15) is 0 Å². The van der Waals surface area contributed by atoms with Crippen molar-refractivity contribution in [3.05, 3.63) is 29.6 Å². The second-order valence-electron chi connectivity index (χ2n) is 4.40. The van der Waals surface area contributed by atoms with Crippen LogP contribution >= 0.6 is 12.4 Å². The number of aromatic nitrogens is 1. The fourth-order valence-corrected chi connectivity index (χ4v) is 2.01. The highest BCUT2D eigenvalue weighted by atomic mass is 35.5. The number of piperazine rings is 1. The third-order valence-electron chi connectivity index (χ3n) is 2.83. The number of nitrogens with zero attached hydrogens (tertiary/aromatic N) is 2. The lowest BCUT2D eigenvalue weighted by molar-refractivity contribution is 0.199. The van der Waals surface area contributed by atoms with Crippen LogP contribution in [-0.2, 0) is 6.54 Å². The van der Waals surface area contributed by atoms with E-state index >= 15 is 0 Å². The average molecular weight is 242 g/mol. The summed E-state index contributed by atoms with van der Waals surface area (Å²) in [6, 6.07) is 4.87. The molecule has 1 fully saturated rings. The fraction of sp³-hybridized carbons (Fsp3) is 0.583. The van der Waals surface area contributed by atoms with E-state index in [1.165, 1.54) is 5.56 Å². The molecular weight excluding hydrogens is 222 g/mol. The minimum absolute atomic E-state index is 0. The smallest absolute Gasteiger partial charge is 0.0372 e. The first-order chi connectivity index (χ1) is 7.24. The van der Waals surface area contributed by atoms with Gasteiger partial charge in [-0.05, 0) is 25.5 Å². The lowest BCUT2D eigenvalue weighted by Crippen LogP contribution is -2.48. The first kappa shape index (κ1) is 13.4. The summed E-state index contributed by atoms with van der Waals surface area (Å²) < 4.78 is 0. The number of nitrogens with one attached hydrogen (secondary N) is 1. The molecule has 4 heteroatoms. The van der Waals surface area contributed by atoms with Crippen LogP contribution in [0.2, 0.25) is 0 Å². The highest BCUT2D eigenvalue weighted by molar-refractivity contribution is 5.85. The van der Waals surface area contributed by atoms with E-state index in [2.05, 4.69) is 34.3 Å². The zero-order valence-electron chi connectivity index (χ0n) is 9.94. The molecule has 0 aliphatic carbocycles. The predicted molar refractivity (Wildman–Crippen MR) is 69.0 cm³/mol. The summed E-state index contributed by atoms with van der Waals surface area (Å²) in [5, 5.41) is 3.45. The van der Waals surface area contributed by atoms with Crippen molar-refractivity contribution in [1.29, 1.82) is 0 Å². The molecule has 0 unspecified atom stereocenters. The summed E-state index contributed by atoms with van der Waals surface area (Å²) in [4.78, 5) is 6.80. The number of hydrogen-bond donors (Lipinski definition) is 1. The van der Waals surface area contributed by atoms with E-state index in [1.54, 1.807) is 0 Å². The van der Waals surface area contributed by atoms with Crippen molar-refractivity contribution < 1.29 is 0 Å². The molecule has 90 valence electrons. The quantitative estimate of drug-likeness (QED) is 0.853. The molecule has 3 nitrogen and oxygen atoms in total. The van der Waals surface area contributed by atoms with Crippen LogP contribution in [0.25, 0.3) is 0 Å². The van der Waals surface area contributed by atoms with Crippen LogP contribution in [-0.4, -0.2) is 35.6 Å². The normalized spacial score (nSPS) is 21.5. The lowest BCUT2D eigenvalue weighted by atomic mass is 10.2. The van der Waals surface area contributed by atoms with Gasteiger partial charge in [0.1, 0.15) is 0 Å². The highest BCUT2D eigenvalue weighted by Gasteiger charge is 2.15. The monoisotopic (exact) mass is 241 g/mol. The Kier molecular flexibility index (Phi) is 5.19. The van der Waals surface area contributed by atoms with Gasteiger partial charge in [-0.15, -0.1) is 12.4 Å². The minimum atomic E-state index is 0. The molecular formula is C12H20ClN3. The molecule has 1 aromatic rings. The minimum Gasteiger partial charge on any atom is -0.312 e. The number of pyridine rings is 1. The van der Waals surface area contributed by atoms with Crippen LogP contribution in [0.3, 0.4) is 0 Å². The van der Waals surface area contributed by atoms with Gasteiger partial charge in [-0.1, -0.05) is 6.07 Å². The van der Waals surface area contributed by atoms with E-state index < -0.39 is 0 Å². The molecule has 0 radical (unpaired) electrons. The molecule has 1 aromatic heterocycles. The zero-order valence-corrected chi connectivity index (χ0v) is 10.8. The Morgan fingerprint density at radius 2 is 2.31 bits per heavy atom. The van der Waals surface area contributed by atoms with Crippen molar-refractivity contribution in [3.63, 3.8) is 0 Å². The summed E-state index contributed by atoms with van der Waals surface area (Å²) >= 11 is 0. The maximum Gasteiger partial charge on any atom is 0.0372 e. The first-order valence-corrected chi connectivity index (χ1v) is 5.61. The van der Waals surface area contributed by atoms with Gasteiger partial charge in [-0.3, -0.25) is 9.88 Å². The molecule has 0 amide bonds. The van der Waals surface area contributed by atoms with Crippen molar-refractivity contribution in [2.45, 2.75) is 26.4 Å². The van der Waals surface area contributed by atoms with Crippen molar-refractivity contribution >= 4 is 12.4 Å². The topological polar surface area (TPSA) is 28.2 Å². The van der Waals surface area contributed by atoms with E-state index in [1.807, 2.05) is 13.1 Å². The first-order valence-electron chi connectivity index (χ1n) is 5.61. The Bertz CT molecular complexity index is 313. The maximum absolute atomic E-state index is 4.32. The van der Waals surface area contributed by atoms with Crippen molar-refractivity contribution in [1.82, 2.24) is 15.2 Å². The highest BCUT2D eigenvalue weighted by Crippen LogP contribution is 2.07. The van der Waals surface area contributed by atoms with Gasteiger partial charge in [0.15, 0.2) is 0 Å². The Hall–Kier alpha value is -0.640. The van der Waals surface area contributed by atoms with Gasteiger partial charge in [0.05, 0.1) is 0 Å². The molecule has 1 N–H and O–H groups in total. The Morgan fingerprint density at radius 3 is 2.94 bits per heavy atom. The second-order valence-corrected chi connectivity index (χ2v) is 4.40. The van der Waals surface area contributed by atoms with E-state index in [0.29, 0.717) is 6.04 Å². The number of halogens is 1. The molecule has 0 saturated carbocycles. The second kappa shape index (κ2) is 6.18. The third-order valence-corrected chi connectivity index (χ3v) is 2.83. The van der Waals surface area contributed by atoms with Crippen LogP contribution in [0, 0.1) is 6.92 Å². The van der Waals surface area contributed by atoms with Gasteiger partial charge in [0, 0.05) is 44.1 Å². The van der Waals surface area contributed by atoms with Crippen LogP contribution in [0.4, 0.5) is 0 Å². The number of rotatable bonds is 2. The summed E-state index contributed by atoms with van der Waals surface area (Å²) in [7, 11) is 0. The maximum atomic E-state index is 4.32. The summed E-state index contributed by atoms with van der Waals surface area (Å²) in [6.07, 6.45) is 1.99. The predicted octanol–water partition coefficient (Wildman–Crippen LogP) is 1.61. The van der Waals surface area contributed by atoms with Gasteiger partial charge in [0.25, 0.3) is 0 Å². The number of aryl methyl sites for hydroxylation is 1. The SMILES string of the molecule is Cc1ccc(CN2CCN[C@H](C)C2)cn1.Cl. The summed E-state index contributed by atoms with van der Waals surface area (Å²) in [5.74, 6) is 0. The van der Waals surface area contributed by atoms with Crippen LogP contribution in [0.1, 0.15) is 18.2 Å². The van der Waals surface area contributed by atoms with Crippen LogP contribution < -0.4 is 5.32 Å². The largest absolute Gasteiger partial charge is 0.312 e. The van der Waals surface area contributed by atoms with Gasteiger partial charge < -0.3 is 5.32 Å². The van der Waals surface area contributed by atoms with Crippen LogP contribution in [0.15, 0.2) is 18.3 Å². The van der Waals surface area contributed by atoms with E-state index in [9.17, 15) is 0 Å². The molecule has 1 aliphatic heterocycles. The average Bonchev–Trinajstić information content (AvgIpc) is 2.22. The molecule has 16 heavy (non-hydrogen) atoms. The van der Waals surface area contributed by atoms with Gasteiger partial charge >= 0.3 is 0 Å². The zero-order chi connectivity index (χ0) is 10.7. The lowest BCUT2D eigenvalue weighted by Gasteiger charge is -2.31. The molecule has 2 heterocycles. The van der Waals surface area contributed by atoms with Crippen LogP contribution in [0.5, 0.6) is 0 Å². The molecule has 0 spiro atoms. The van der Waals surface area contributed by atoms with E-state index in [4.69, 9.17) is 0 Å². The molecule has 1 atom stereocenters. The summed E-state index contributed by atoms with van der Waals surface area (Å²) in [5.41, 5.74) is 2.40. The molecule has 0 bridgehead atoms. The molecule has 2 rings (SSSR count). The summed E-state index contributed by atoms with van der Waals surface area (Å²) in [6.45, 7) is 8.65. The standard InChI is InChI=1S/C12H19N3.ClH/c1-10-3-4-12(7-14-10)9-15-6-5-13-11(2)8-15;/h3-4,7,11,13H,5-6,8-9H2,1-2H3;1H/t11-;/m1./s1. The Labute approximate surface area is 104 Å². The van der Waals surface area contributed by atoms with Crippen molar-refractivity contribution in [2.75, 3.05) is 19.6 Å². The van der Waals surface area contributed by atoms with E-state index in [0.717, 1.165) is 31.9 Å². The molecule has 1 saturated heterocycles. The van der Waals surface area contributed by atoms with Crippen molar-refractivity contribution in [3.8, 4) is 0 Å². The fourth-order valence-electron chi connectivity index (χ4n) is 2.01. The van der Waals surface area contributed by atoms with E-state index in [-0.39, 0.29) is 12.4 Å². The molecule has 1 aliphatic rings. The van der Waals surface area contributed by atoms with Gasteiger partial charge in [-0.25, -0.2) is 0 Å². The van der Waals surface area contributed by atoms with Gasteiger partial charge in [0.2, 0.25) is 0 Å². The molecule has 0 aromatic carbocycles. The number of hydrogen-bond acceptors (Lipinski definition) is 3. The third kappa shape index (κ3) is 3.74. The van der Waals surface area contributed by atoms with Crippen molar-refractivity contribution in [2.24, 2.45) is 0 Å².